The van der Waals surface area contributed by atoms with E-state index in [9.17, 15) is 9.00 Å². The first kappa shape index (κ1) is 13.8. The molecule has 0 aliphatic rings. The van der Waals surface area contributed by atoms with E-state index in [2.05, 4.69) is 0 Å². The quantitative estimate of drug-likeness (QED) is 0.941. The number of benzene rings is 2. The standard InChI is InChI=1S/C14H11ClO3S/c15-12-5-1-10(2-6-12)9-19(18)13-7-3-11(4-8-13)14(16)17/h1-8H,9H2,(H,16,17). The van der Waals surface area contributed by atoms with Gasteiger partial charge in [0.25, 0.3) is 0 Å². The molecule has 1 N–H and O–H groups in total. The Morgan fingerprint density at radius 1 is 1.05 bits per heavy atom. The summed E-state index contributed by atoms with van der Waals surface area (Å²) >= 11 is 5.78. The molecule has 5 heteroatoms. The molecule has 0 saturated carbocycles. The minimum atomic E-state index is -1.20. The number of hydrogen-bond donors (Lipinski definition) is 1. The van der Waals surface area contributed by atoms with Crippen molar-refractivity contribution in [2.45, 2.75) is 10.6 Å². The van der Waals surface area contributed by atoms with E-state index in [1.54, 1.807) is 24.3 Å². The molecule has 98 valence electrons. The van der Waals surface area contributed by atoms with Crippen molar-refractivity contribution < 1.29 is 14.1 Å². The fourth-order valence-electron chi connectivity index (χ4n) is 1.56. The summed E-state index contributed by atoms with van der Waals surface area (Å²) in [6.45, 7) is 0. The van der Waals surface area contributed by atoms with Crippen LogP contribution >= 0.6 is 11.6 Å². The molecule has 0 spiro atoms. The number of carboxylic acid groups (broad SMARTS) is 1. The number of carboxylic acids is 1. The molecule has 0 amide bonds. The van der Waals surface area contributed by atoms with Gasteiger partial charge in [-0.25, -0.2) is 4.79 Å². The van der Waals surface area contributed by atoms with Gasteiger partial charge >= 0.3 is 5.97 Å². The maximum absolute atomic E-state index is 12.1. The highest BCUT2D eigenvalue weighted by Crippen LogP contribution is 2.15. The van der Waals surface area contributed by atoms with Crippen LogP contribution in [0.5, 0.6) is 0 Å². The second-order valence-electron chi connectivity index (χ2n) is 3.95. The zero-order valence-electron chi connectivity index (χ0n) is 9.88. The highest BCUT2D eigenvalue weighted by molar-refractivity contribution is 7.84. The minimum absolute atomic E-state index is 0.187. The maximum atomic E-state index is 12.1. The molecule has 0 heterocycles. The van der Waals surface area contributed by atoms with Crippen molar-refractivity contribution in [1.82, 2.24) is 0 Å². The summed E-state index contributed by atoms with van der Waals surface area (Å²) in [7, 11) is -1.20. The van der Waals surface area contributed by atoms with Crippen molar-refractivity contribution in [3.63, 3.8) is 0 Å². The molecule has 0 aromatic heterocycles. The first-order valence-electron chi connectivity index (χ1n) is 5.52. The van der Waals surface area contributed by atoms with E-state index in [0.717, 1.165) is 5.56 Å². The smallest absolute Gasteiger partial charge is 0.335 e. The molecule has 19 heavy (non-hydrogen) atoms. The zero-order chi connectivity index (χ0) is 13.8. The third-order valence-electron chi connectivity index (χ3n) is 2.58. The predicted molar refractivity (Wildman–Crippen MR) is 75.0 cm³/mol. The van der Waals surface area contributed by atoms with Gasteiger partial charge in [-0.05, 0) is 42.0 Å². The average molecular weight is 295 g/mol. The van der Waals surface area contributed by atoms with Gasteiger partial charge in [0.1, 0.15) is 0 Å². The normalized spacial score (nSPS) is 12.1. The number of halogens is 1. The number of hydrogen-bond acceptors (Lipinski definition) is 2. The number of carbonyl (C=O) groups is 1. The maximum Gasteiger partial charge on any atom is 0.335 e. The van der Waals surface area contributed by atoms with Crippen molar-refractivity contribution in [3.05, 3.63) is 64.7 Å². The Kier molecular flexibility index (Phi) is 4.35. The van der Waals surface area contributed by atoms with Crippen LogP contribution < -0.4 is 0 Å². The molecular weight excluding hydrogens is 284 g/mol. The van der Waals surface area contributed by atoms with E-state index in [1.165, 1.54) is 12.1 Å². The zero-order valence-corrected chi connectivity index (χ0v) is 11.4. The molecule has 0 fully saturated rings. The summed E-state index contributed by atoms with van der Waals surface area (Å²) < 4.78 is 12.1. The van der Waals surface area contributed by atoms with Crippen molar-refractivity contribution in [1.29, 1.82) is 0 Å². The Bertz CT molecular complexity index is 606. The van der Waals surface area contributed by atoms with Gasteiger partial charge < -0.3 is 5.11 Å². The summed E-state index contributed by atoms with van der Waals surface area (Å²) in [5.74, 6) is -0.612. The van der Waals surface area contributed by atoms with Crippen LogP contribution in [-0.2, 0) is 16.6 Å². The topological polar surface area (TPSA) is 54.4 Å². The minimum Gasteiger partial charge on any atom is -0.478 e. The van der Waals surface area contributed by atoms with Gasteiger partial charge in [0.15, 0.2) is 0 Å². The molecule has 0 aliphatic heterocycles. The summed E-state index contributed by atoms with van der Waals surface area (Å²) in [6, 6.07) is 13.2. The SMILES string of the molecule is O=C(O)c1ccc(S(=O)Cc2ccc(Cl)cc2)cc1. The highest BCUT2D eigenvalue weighted by Gasteiger charge is 2.07. The first-order valence-corrected chi connectivity index (χ1v) is 7.22. The van der Waals surface area contributed by atoms with E-state index in [0.29, 0.717) is 15.7 Å². The Hall–Kier alpha value is -1.65. The van der Waals surface area contributed by atoms with E-state index < -0.39 is 16.8 Å². The van der Waals surface area contributed by atoms with Crippen LogP contribution in [-0.4, -0.2) is 15.3 Å². The van der Waals surface area contributed by atoms with E-state index in [4.69, 9.17) is 16.7 Å². The molecule has 0 radical (unpaired) electrons. The fourth-order valence-corrected chi connectivity index (χ4v) is 2.79. The van der Waals surface area contributed by atoms with Crippen molar-refractivity contribution >= 4 is 28.4 Å². The molecule has 3 nitrogen and oxygen atoms in total. The van der Waals surface area contributed by atoms with E-state index >= 15 is 0 Å². The largest absolute Gasteiger partial charge is 0.478 e. The summed E-state index contributed by atoms with van der Waals surface area (Å²) in [5, 5.41) is 9.43. The van der Waals surface area contributed by atoms with E-state index in [1.807, 2.05) is 12.1 Å². The van der Waals surface area contributed by atoms with Crippen LogP contribution in [0.3, 0.4) is 0 Å². The summed E-state index contributed by atoms with van der Waals surface area (Å²) in [4.78, 5) is 11.3. The molecule has 2 rings (SSSR count). The van der Waals surface area contributed by atoms with Crippen LogP contribution in [0.15, 0.2) is 53.4 Å². The van der Waals surface area contributed by atoms with Crippen molar-refractivity contribution in [2.24, 2.45) is 0 Å². The van der Waals surface area contributed by atoms with Crippen LogP contribution in [0.25, 0.3) is 0 Å². The molecule has 1 atom stereocenters. The fraction of sp³-hybridized carbons (Fsp3) is 0.0714. The van der Waals surface area contributed by atoms with Gasteiger partial charge in [0, 0.05) is 9.92 Å². The average Bonchev–Trinajstić information content (AvgIpc) is 2.41. The van der Waals surface area contributed by atoms with Crippen LogP contribution in [0.1, 0.15) is 15.9 Å². The Morgan fingerprint density at radius 3 is 2.16 bits per heavy atom. The molecule has 0 saturated heterocycles. The molecule has 2 aromatic carbocycles. The molecular formula is C14H11ClO3S. The molecule has 0 bridgehead atoms. The first-order chi connectivity index (χ1) is 9.06. The van der Waals surface area contributed by atoms with E-state index in [-0.39, 0.29) is 5.56 Å². The van der Waals surface area contributed by atoms with Gasteiger partial charge in [0.2, 0.25) is 0 Å². The lowest BCUT2D eigenvalue weighted by molar-refractivity contribution is 0.0697. The van der Waals surface area contributed by atoms with Crippen molar-refractivity contribution in [2.75, 3.05) is 0 Å². The molecule has 1 unspecified atom stereocenters. The highest BCUT2D eigenvalue weighted by atomic mass is 35.5. The van der Waals surface area contributed by atoms with Gasteiger partial charge in [-0.1, -0.05) is 23.7 Å². The van der Waals surface area contributed by atoms with Gasteiger partial charge in [0.05, 0.1) is 22.1 Å². The second kappa shape index (κ2) is 5.99. The predicted octanol–water partition coefficient (Wildman–Crippen LogP) is 3.35. The van der Waals surface area contributed by atoms with Gasteiger partial charge in [-0.3, -0.25) is 4.21 Å². The number of rotatable bonds is 4. The Labute approximate surface area is 118 Å². The van der Waals surface area contributed by atoms with Crippen LogP contribution in [0, 0.1) is 0 Å². The van der Waals surface area contributed by atoms with Crippen molar-refractivity contribution in [3.8, 4) is 0 Å². The van der Waals surface area contributed by atoms with Gasteiger partial charge in [-0.15, -0.1) is 0 Å². The molecule has 2 aromatic rings. The van der Waals surface area contributed by atoms with Crippen LogP contribution in [0.4, 0.5) is 0 Å². The third kappa shape index (κ3) is 3.66. The lowest BCUT2D eigenvalue weighted by Crippen LogP contribution is -1.99. The monoisotopic (exact) mass is 294 g/mol. The number of aromatic carboxylic acids is 1. The summed E-state index contributed by atoms with van der Waals surface area (Å²) in [6.07, 6.45) is 0. The second-order valence-corrected chi connectivity index (χ2v) is 5.83. The Balaban J connectivity index is 2.11. The summed E-state index contributed by atoms with van der Waals surface area (Å²) in [5.41, 5.74) is 1.11. The van der Waals surface area contributed by atoms with Crippen LogP contribution in [0.2, 0.25) is 5.02 Å². The Morgan fingerprint density at radius 2 is 1.63 bits per heavy atom. The lowest BCUT2D eigenvalue weighted by atomic mass is 10.2. The lowest BCUT2D eigenvalue weighted by Gasteiger charge is -2.03. The van der Waals surface area contributed by atoms with Gasteiger partial charge in [-0.2, -0.15) is 0 Å². The molecule has 0 aliphatic carbocycles. The third-order valence-corrected chi connectivity index (χ3v) is 4.22.